The first kappa shape index (κ1) is 15.4. The minimum Gasteiger partial charge on any atom is -0.389 e. The summed E-state index contributed by atoms with van der Waals surface area (Å²) in [6, 6.07) is -0.0618. The Hall–Kier alpha value is -0.650. The SMILES string of the molecule is COCC(O)CN(C)C(=O)C1CCCC(C)C1N. The van der Waals surface area contributed by atoms with Crippen LogP contribution in [-0.4, -0.2) is 55.4 Å². The summed E-state index contributed by atoms with van der Waals surface area (Å²) in [5, 5.41) is 9.63. The molecule has 1 saturated carbocycles. The summed E-state index contributed by atoms with van der Waals surface area (Å²) in [5.74, 6) is 0.336. The number of ether oxygens (including phenoxy) is 1. The van der Waals surface area contributed by atoms with Crippen molar-refractivity contribution in [2.24, 2.45) is 17.6 Å². The van der Waals surface area contributed by atoms with E-state index in [0.717, 1.165) is 19.3 Å². The van der Waals surface area contributed by atoms with E-state index in [0.29, 0.717) is 12.5 Å². The summed E-state index contributed by atoms with van der Waals surface area (Å²) in [5.41, 5.74) is 6.12. The monoisotopic (exact) mass is 258 g/mol. The van der Waals surface area contributed by atoms with Gasteiger partial charge in [0.2, 0.25) is 5.91 Å². The molecule has 5 heteroatoms. The lowest BCUT2D eigenvalue weighted by molar-refractivity contribution is -0.138. The van der Waals surface area contributed by atoms with Gasteiger partial charge < -0.3 is 20.5 Å². The molecule has 0 aromatic carbocycles. The molecule has 0 aromatic rings. The van der Waals surface area contributed by atoms with Crippen molar-refractivity contribution < 1.29 is 14.6 Å². The number of amides is 1. The van der Waals surface area contributed by atoms with Crippen LogP contribution in [0, 0.1) is 11.8 Å². The molecule has 4 atom stereocenters. The first-order valence-corrected chi connectivity index (χ1v) is 6.65. The Labute approximate surface area is 109 Å². The number of nitrogens with two attached hydrogens (primary N) is 1. The average Bonchev–Trinajstić information content (AvgIpc) is 2.32. The molecule has 4 unspecified atom stereocenters. The fourth-order valence-electron chi connectivity index (χ4n) is 2.66. The van der Waals surface area contributed by atoms with Crippen LogP contribution < -0.4 is 5.73 Å². The zero-order chi connectivity index (χ0) is 13.7. The van der Waals surface area contributed by atoms with E-state index in [1.165, 1.54) is 7.11 Å². The summed E-state index contributed by atoms with van der Waals surface area (Å²) in [6.45, 7) is 2.64. The van der Waals surface area contributed by atoms with Gasteiger partial charge in [0, 0.05) is 26.7 Å². The maximum absolute atomic E-state index is 12.3. The number of aliphatic hydroxyl groups is 1. The number of hydrogen-bond donors (Lipinski definition) is 2. The van der Waals surface area contributed by atoms with E-state index < -0.39 is 6.10 Å². The van der Waals surface area contributed by atoms with E-state index in [2.05, 4.69) is 6.92 Å². The van der Waals surface area contributed by atoms with Gasteiger partial charge in [-0.15, -0.1) is 0 Å². The molecule has 0 saturated heterocycles. The summed E-state index contributed by atoms with van der Waals surface area (Å²) in [6.07, 6.45) is 2.37. The van der Waals surface area contributed by atoms with Crippen molar-refractivity contribution >= 4 is 5.91 Å². The number of likely N-dealkylation sites (N-methyl/N-ethyl adjacent to an activating group) is 1. The Morgan fingerprint density at radius 1 is 1.56 bits per heavy atom. The largest absolute Gasteiger partial charge is 0.389 e. The summed E-state index contributed by atoms with van der Waals surface area (Å²) in [4.78, 5) is 13.9. The number of hydrogen-bond acceptors (Lipinski definition) is 4. The predicted octanol–water partition coefficient (Wildman–Crippen LogP) is 0.216. The van der Waals surface area contributed by atoms with Crippen LogP contribution in [0.5, 0.6) is 0 Å². The molecule has 1 fully saturated rings. The molecular weight excluding hydrogens is 232 g/mol. The number of methoxy groups -OCH3 is 1. The van der Waals surface area contributed by atoms with Gasteiger partial charge in [-0.05, 0) is 18.8 Å². The van der Waals surface area contributed by atoms with Gasteiger partial charge in [-0.3, -0.25) is 4.79 Å². The van der Waals surface area contributed by atoms with Crippen molar-refractivity contribution in [1.29, 1.82) is 0 Å². The van der Waals surface area contributed by atoms with Gasteiger partial charge in [-0.1, -0.05) is 13.3 Å². The van der Waals surface area contributed by atoms with Crippen LogP contribution in [0.1, 0.15) is 26.2 Å². The second-order valence-corrected chi connectivity index (χ2v) is 5.42. The highest BCUT2D eigenvalue weighted by molar-refractivity contribution is 5.79. The zero-order valence-electron chi connectivity index (χ0n) is 11.6. The highest BCUT2D eigenvalue weighted by atomic mass is 16.5. The molecule has 1 rings (SSSR count). The zero-order valence-corrected chi connectivity index (χ0v) is 11.6. The van der Waals surface area contributed by atoms with Gasteiger partial charge in [-0.25, -0.2) is 0 Å². The number of carbonyl (C=O) groups is 1. The third-order valence-corrected chi connectivity index (χ3v) is 3.83. The van der Waals surface area contributed by atoms with Crippen molar-refractivity contribution in [3.63, 3.8) is 0 Å². The molecule has 0 spiro atoms. The van der Waals surface area contributed by atoms with Crippen molar-refractivity contribution in [2.45, 2.75) is 38.3 Å². The second-order valence-electron chi connectivity index (χ2n) is 5.42. The summed E-state index contributed by atoms with van der Waals surface area (Å²) in [7, 11) is 3.25. The van der Waals surface area contributed by atoms with Gasteiger partial charge in [0.15, 0.2) is 0 Å². The van der Waals surface area contributed by atoms with E-state index >= 15 is 0 Å². The molecule has 0 bridgehead atoms. The smallest absolute Gasteiger partial charge is 0.227 e. The normalized spacial score (nSPS) is 29.9. The van der Waals surface area contributed by atoms with E-state index in [9.17, 15) is 9.90 Å². The summed E-state index contributed by atoms with van der Waals surface area (Å²) >= 11 is 0. The maximum atomic E-state index is 12.3. The molecule has 1 aliphatic rings. The standard InChI is InChI=1S/C13H26N2O3/c1-9-5-4-6-11(12(9)14)13(17)15(2)7-10(16)8-18-3/h9-12,16H,4-8,14H2,1-3H3. The van der Waals surface area contributed by atoms with E-state index in [1.807, 2.05) is 0 Å². The lowest BCUT2D eigenvalue weighted by Gasteiger charge is -2.35. The van der Waals surface area contributed by atoms with Crippen molar-refractivity contribution in [2.75, 3.05) is 27.3 Å². The first-order valence-electron chi connectivity index (χ1n) is 6.65. The highest BCUT2D eigenvalue weighted by Crippen LogP contribution is 2.28. The van der Waals surface area contributed by atoms with Gasteiger partial charge >= 0.3 is 0 Å². The molecule has 3 N–H and O–H groups in total. The minimum atomic E-state index is -0.638. The van der Waals surface area contributed by atoms with E-state index in [1.54, 1.807) is 11.9 Å². The van der Waals surface area contributed by atoms with Gasteiger partial charge in [0.05, 0.1) is 18.6 Å². The molecule has 18 heavy (non-hydrogen) atoms. The number of aliphatic hydroxyl groups excluding tert-OH is 1. The molecule has 0 radical (unpaired) electrons. The van der Waals surface area contributed by atoms with Crippen molar-refractivity contribution in [3.05, 3.63) is 0 Å². The molecule has 0 heterocycles. The van der Waals surface area contributed by atoms with Crippen molar-refractivity contribution in [3.8, 4) is 0 Å². The van der Waals surface area contributed by atoms with Crippen LogP contribution in [-0.2, 0) is 9.53 Å². The number of carbonyl (C=O) groups excluding carboxylic acids is 1. The Balaban J connectivity index is 2.52. The van der Waals surface area contributed by atoms with Gasteiger partial charge in [-0.2, -0.15) is 0 Å². The van der Waals surface area contributed by atoms with Crippen LogP contribution in [0.15, 0.2) is 0 Å². The first-order chi connectivity index (χ1) is 8.47. The van der Waals surface area contributed by atoms with Crippen LogP contribution in [0.3, 0.4) is 0 Å². The van der Waals surface area contributed by atoms with Crippen LogP contribution in [0.2, 0.25) is 0 Å². The van der Waals surface area contributed by atoms with Gasteiger partial charge in [0.1, 0.15) is 0 Å². The average molecular weight is 258 g/mol. The molecule has 5 nitrogen and oxygen atoms in total. The number of nitrogens with zero attached hydrogens (tertiary/aromatic N) is 1. The Kier molecular flexibility index (Phi) is 6.05. The van der Waals surface area contributed by atoms with Crippen LogP contribution in [0.4, 0.5) is 0 Å². The second kappa shape index (κ2) is 7.07. The molecule has 1 aliphatic carbocycles. The van der Waals surface area contributed by atoms with E-state index in [4.69, 9.17) is 10.5 Å². The fourth-order valence-corrected chi connectivity index (χ4v) is 2.66. The Bertz CT molecular complexity index is 273. The molecule has 1 amide bonds. The maximum Gasteiger partial charge on any atom is 0.227 e. The fraction of sp³-hybridized carbons (Fsp3) is 0.923. The molecule has 106 valence electrons. The Morgan fingerprint density at radius 2 is 2.22 bits per heavy atom. The summed E-state index contributed by atoms with van der Waals surface area (Å²) < 4.78 is 4.86. The topological polar surface area (TPSA) is 75.8 Å². The third kappa shape index (κ3) is 3.93. The van der Waals surface area contributed by atoms with E-state index in [-0.39, 0.29) is 24.5 Å². The predicted molar refractivity (Wildman–Crippen MR) is 70.0 cm³/mol. The van der Waals surface area contributed by atoms with Gasteiger partial charge in [0.25, 0.3) is 0 Å². The lowest BCUT2D eigenvalue weighted by atomic mass is 9.77. The molecular formula is C13H26N2O3. The van der Waals surface area contributed by atoms with Crippen LogP contribution >= 0.6 is 0 Å². The third-order valence-electron chi connectivity index (χ3n) is 3.83. The number of rotatable bonds is 5. The lowest BCUT2D eigenvalue weighted by Crippen LogP contribution is -2.49. The minimum absolute atomic E-state index is 0.0456. The van der Waals surface area contributed by atoms with Crippen LogP contribution in [0.25, 0.3) is 0 Å². The highest BCUT2D eigenvalue weighted by Gasteiger charge is 2.34. The van der Waals surface area contributed by atoms with Crippen molar-refractivity contribution in [1.82, 2.24) is 4.90 Å². The quantitative estimate of drug-likeness (QED) is 0.739. The molecule has 0 aliphatic heterocycles. The molecule has 0 aromatic heterocycles. The Morgan fingerprint density at radius 3 is 2.83 bits per heavy atom.